The highest BCUT2D eigenvalue weighted by molar-refractivity contribution is 14.1. The Morgan fingerprint density at radius 1 is 1.24 bits per heavy atom. The van der Waals surface area contributed by atoms with E-state index in [1.54, 1.807) is 0 Å². The zero-order valence-corrected chi connectivity index (χ0v) is 15.6. The molecule has 1 aromatic heterocycles. The molecule has 2 aromatic carbocycles. The van der Waals surface area contributed by atoms with Crippen molar-refractivity contribution in [2.24, 2.45) is 0 Å². The third-order valence-electron chi connectivity index (χ3n) is 3.79. The van der Waals surface area contributed by atoms with E-state index in [9.17, 15) is 4.79 Å². The van der Waals surface area contributed by atoms with E-state index < -0.39 is 0 Å². The predicted octanol–water partition coefficient (Wildman–Crippen LogP) is 4.81. The summed E-state index contributed by atoms with van der Waals surface area (Å²) in [5, 5.41) is 12.7. The molecular formula is C20H16IN3O. The third kappa shape index (κ3) is 4.28. The zero-order valence-electron chi connectivity index (χ0n) is 13.4. The number of hydrogen-bond donors (Lipinski definition) is 1. The molecule has 0 saturated heterocycles. The quantitative estimate of drug-likeness (QED) is 0.457. The number of nitrogens with one attached hydrogen (secondary N) is 1. The van der Waals surface area contributed by atoms with Crippen LogP contribution in [0.3, 0.4) is 0 Å². The van der Waals surface area contributed by atoms with Gasteiger partial charge in [0.1, 0.15) is 0 Å². The lowest BCUT2D eigenvalue weighted by Gasteiger charge is -2.01. The average Bonchev–Trinajstić information content (AvgIpc) is 2.96. The molecule has 0 atom stereocenters. The Bertz CT molecular complexity index is 982. The van der Waals surface area contributed by atoms with Crippen molar-refractivity contribution >= 4 is 51.2 Å². The summed E-state index contributed by atoms with van der Waals surface area (Å²) < 4.78 is 3.12. The van der Waals surface area contributed by atoms with E-state index in [4.69, 9.17) is 5.26 Å². The minimum Gasteiger partial charge on any atom is -0.346 e. The number of carbonyl (C=O) groups is 1. The topological polar surface area (TPSA) is 57.8 Å². The number of nitrogens with zero attached hydrogens (tertiary/aromatic N) is 2. The number of fused-ring (bicyclic) bond motifs is 1. The Balaban J connectivity index is 1.81. The normalized spacial score (nSPS) is 10.9. The number of anilines is 1. The molecule has 0 radical (unpaired) electrons. The summed E-state index contributed by atoms with van der Waals surface area (Å²) in [6.45, 7) is 0.638. The predicted molar refractivity (Wildman–Crippen MR) is 109 cm³/mol. The van der Waals surface area contributed by atoms with Gasteiger partial charge in [-0.2, -0.15) is 5.26 Å². The molecule has 3 aromatic rings. The van der Waals surface area contributed by atoms with E-state index in [0.29, 0.717) is 13.0 Å². The lowest BCUT2D eigenvalue weighted by atomic mass is 10.1. The van der Waals surface area contributed by atoms with Crippen LogP contribution in [0.1, 0.15) is 12.0 Å². The Morgan fingerprint density at radius 2 is 2.08 bits per heavy atom. The highest BCUT2D eigenvalue weighted by Crippen LogP contribution is 2.23. The molecule has 4 nitrogen and oxygen atoms in total. The van der Waals surface area contributed by atoms with E-state index in [2.05, 4.69) is 38.5 Å². The number of halogens is 1. The average molecular weight is 441 g/mol. The summed E-state index contributed by atoms with van der Waals surface area (Å²) in [7, 11) is 0. The number of nitriles is 1. The van der Waals surface area contributed by atoms with Crippen LogP contribution in [-0.4, -0.2) is 10.5 Å². The van der Waals surface area contributed by atoms with E-state index in [-0.39, 0.29) is 5.91 Å². The van der Waals surface area contributed by atoms with Crippen LogP contribution in [0, 0.1) is 14.9 Å². The van der Waals surface area contributed by atoms with Gasteiger partial charge in [0.25, 0.3) is 0 Å². The fourth-order valence-electron chi connectivity index (χ4n) is 2.68. The van der Waals surface area contributed by atoms with Gasteiger partial charge in [0.2, 0.25) is 5.91 Å². The van der Waals surface area contributed by atoms with Crippen LogP contribution in [0.5, 0.6) is 0 Å². The molecule has 5 heteroatoms. The van der Waals surface area contributed by atoms with Crippen LogP contribution in [0.25, 0.3) is 17.0 Å². The Morgan fingerprint density at radius 3 is 2.88 bits per heavy atom. The van der Waals surface area contributed by atoms with Crippen molar-refractivity contribution in [1.29, 1.82) is 5.26 Å². The van der Waals surface area contributed by atoms with Gasteiger partial charge in [-0.3, -0.25) is 4.79 Å². The minimum atomic E-state index is -0.171. The number of hydrogen-bond acceptors (Lipinski definition) is 2. The fourth-order valence-corrected chi connectivity index (χ4v) is 3.22. The molecule has 1 N–H and O–H groups in total. The summed E-state index contributed by atoms with van der Waals surface area (Å²) in [5.41, 5.74) is 2.81. The van der Waals surface area contributed by atoms with Gasteiger partial charge in [0.15, 0.2) is 0 Å². The molecule has 0 saturated carbocycles. The summed E-state index contributed by atoms with van der Waals surface area (Å²) in [5.74, 6) is -0.171. The molecule has 1 heterocycles. The van der Waals surface area contributed by atoms with Crippen molar-refractivity contribution in [1.82, 2.24) is 4.57 Å². The number of para-hydroxylation sites is 1. The Hall–Kier alpha value is -2.59. The second kappa shape index (κ2) is 7.99. The number of carbonyl (C=O) groups excluding carboxylic acids is 1. The van der Waals surface area contributed by atoms with Crippen LogP contribution in [0.2, 0.25) is 0 Å². The van der Waals surface area contributed by atoms with Crippen molar-refractivity contribution in [3.63, 3.8) is 0 Å². The smallest absolute Gasteiger partial charge is 0.248 e. The number of amides is 1. The molecule has 0 bridgehead atoms. The van der Waals surface area contributed by atoms with Crippen molar-refractivity contribution in [2.45, 2.75) is 13.0 Å². The molecule has 1 amide bonds. The van der Waals surface area contributed by atoms with Gasteiger partial charge in [0.05, 0.1) is 12.5 Å². The number of rotatable bonds is 5. The highest BCUT2D eigenvalue weighted by atomic mass is 127. The van der Waals surface area contributed by atoms with Crippen LogP contribution >= 0.6 is 22.6 Å². The molecule has 124 valence electrons. The summed E-state index contributed by atoms with van der Waals surface area (Å²) >= 11 is 2.21. The Kier molecular flexibility index (Phi) is 5.51. The zero-order chi connectivity index (χ0) is 17.6. The van der Waals surface area contributed by atoms with Crippen LogP contribution in [0.15, 0.2) is 60.8 Å². The maximum atomic E-state index is 12.2. The first kappa shape index (κ1) is 17.2. The molecule has 0 aliphatic heterocycles. The second-order valence-electron chi connectivity index (χ2n) is 5.54. The lowest BCUT2D eigenvalue weighted by molar-refractivity contribution is -0.111. The first-order valence-corrected chi connectivity index (χ1v) is 8.95. The molecule has 0 aliphatic rings. The van der Waals surface area contributed by atoms with Gasteiger partial charge >= 0.3 is 0 Å². The molecular weight excluding hydrogens is 425 g/mol. The number of benzene rings is 2. The third-order valence-corrected chi connectivity index (χ3v) is 4.46. The van der Waals surface area contributed by atoms with E-state index in [1.807, 2.05) is 60.8 Å². The molecule has 0 aliphatic carbocycles. The van der Waals surface area contributed by atoms with Gasteiger partial charge in [0, 0.05) is 44.5 Å². The van der Waals surface area contributed by atoms with Gasteiger partial charge in [-0.25, -0.2) is 0 Å². The monoisotopic (exact) mass is 441 g/mol. The van der Waals surface area contributed by atoms with Gasteiger partial charge in [-0.05, 0) is 52.9 Å². The maximum absolute atomic E-state index is 12.2. The minimum absolute atomic E-state index is 0.171. The summed E-state index contributed by atoms with van der Waals surface area (Å²) in [6.07, 6.45) is 5.79. The highest BCUT2D eigenvalue weighted by Gasteiger charge is 2.06. The molecule has 0 unspecified atom stereocenters. The lowest BCUT2D eigenvalue weighted by Crippen LogP contribution is -2.07. The van der Waals surface area contributed by atoms with Crippen molar-refractivity contribution < 1.29 is 4.79 Å². The second-order valence-corrected chi connectivity index (χ2v) is 6.78. The molecule has 0 fully saturated rings. The van der Waals surface area contributed by atoms with Crippen LogP contribution in [-0.2, 0) is 11.3 Å². The van der Waals surface area contributed by atoms with Gasteiger partial charge in [-0.15, -0.1) is 0 Å². The summed E-state index contributed by atoms with van der Waals surface area (Å²) in [6, 6.07) is 17.8. The van der Waals surface area contributed by atoms with Gasteiger partial charge < -0.3 is 9.88 Å². The molecule has 3 rings (SSSR count). The fraction of sp³-hybridized carbons (Fsp3) is 0.100. The van der Waals surface area contributed by atoms with Crippen LogP contribution < -0.4 is 5.32 Å². The van der Waals surface area contributed by atoms with E-state index in [0.717, 1.165) is 25.7 Å². The maximum Gasteiger partial charge on any atom is 0.248 e. The van der Waals surface area contributed by atoms with Crippen molar-refractivity contribution in [3.05, 3.63) is 69.9 Å². The molecule has 0 spiro atoms. The first-order valence-electron chi connectivity index (χ1n) is 7.87. The largest absolute Gasteiger partial charge is 0.346 e. The standard InChI is InChI=1S/C20H16IN3O/c21-16-5-3-6-17(13-16)23-20(25)10-9-15-14-24(12-4-11-22)19-8-2-1-7-18(15)19/h1-3,5-10,13-14H,4,12H2,(H,23,25)/b10-9+. The Labute approximate surface area is 159 Å². The first-order chi connectivity index (χ1) is 12.2. The SMILES string of the molecule is N#CCCn1cc(/C=C/C(=O)Nc2cccc(I)c2)c2ccccc21. The van der Waals surface area contributed by atoms with Crippen LogP contribution in [0.4, 0.5) is 5.69 Å². The van der Waals surface area contributed by atoms with Gasteiger partial charge in [-0.1, -0.05) is 24.3 Å². The van der Waals surface area contributed by atoms with E-state index in [1.165, 1.54) is 6.08 Å². The van der Waals surface area contributed by atoms with Crippen molar-refractivity contribution in [3.8, 4) is 6.07 Å². The molecule has 25 heavy (non-hydrogen) atoms. The summed E-state index contributed by atoms with van der Waals surface area (Å²) in [4.78, 5) is 12.2. The number of aromatic nitrogens is 1. The number of aryl methyl sites for hydroxylation is 1. The van der Waals surface area contributed by atoms with E-state index >= 15 is 0 Å². The van der Waals surface area contributed by atoms with Crippen molar-refractivity contribution in [2.75, 3.05) is 5.32 Å².